The van der Waals surface area contributed by atoms with E-state index in [1.165, 1.54) is 7.11 Å². The number of fused-ring (bicyclic) bond motifs is 1. The lowest BCUT2D eigenvalue weighted by atomic mass is 10.2. The Morgan fingerprint density at radius 3 is 2.52 bits per heavy atom. The maximum atomic E-state index is 13.1. The second kappa shape index (κ2) is 9.15. The Morgan fingerprint density at radius 2 is 1.79 bits per heavy atom. The van der Waals surface area contributed by atoms with Crippen molar-refractivity contribution in [3.8, 4) is 28.7 Å². The van der Waals surface area contributed by atoms with Gasteiger partial charge in [0, 0.05) is 34.9 Å². The lowest BCUT2D eigenvalue weighted by Crippen LogP contribution is -2.20. The molecule has 2 aromatic carbocycles. The van der Waals surface area contributed by atoms with Gasteiger partial charge in [0.1, 0.15) is 13.2 Å². The van der Waals surface area contributed by atoms with Gasteiger partial charge in [0.2, 0.25) is 0 Å². The van der Waals surface area contributed by atoms with Crippen LogP contribution >= 0.6 is 0 Å². The minimum Gasteiger partial charge on any atom is -0.493 e. The summed E-state index contributed by atoms with van der Waals surface area (Å²) in [5, 5.41) is 2.87. The number of nitrogens with two attached hydrogens (primary N) is 1. The van der Waals surface area contributed by atoms with Crippen LogP contribution < -0.4 is 30.0 Å². The highest BCUT2D eigenvalue weighted by atomic mass is 16.6. The van der Waals surface area contributed by atoms with Gasteiger partial charge in [-0.25, -0.2) is 0 Å². The van der Waals surface area contributed by atoms with E-state index in [0.29, 0.717) is 47.5 Å². The molecule has 3 N–H and O–H groups in total. The zero-order chi connectivity index (χ0) is 23.5. The number of aromatic nitrogens is 1. The topological polar surface area (TPSA) is 114 Å². The van der Waals surface area contributed by atoms with Gasteiger partial charge in [-0.15, -0.1) is 0 Å². The molecule has 0 saturated heterocycles. The number of carbonyl (C=O) groups is 2. The van der Waals surface area contributed by atoms with Crippen LogP contribution in [0.15, 0.2) is 42.5 Å². The summed E-state index contributed by atoms with van der Waals surface area (Å²) in [5.74, 6) is 1.22. The summed E-state index contributed by atoms with van der Waals surface area (Å²) in [5.41, 5.74) is 8.72. The number of ether oxygens (including phenoxy) is 4. The molecule has 0 bridgehead atoms. The van der Waals surface area contributed by atoms with Gasteiger partial charge in [-0.1, -0.05) is 0 Å². The van der Waals surface area contributed by atoms with Crippen LogP contribution in [0.4, 0.5) is 5.69 Å². The Morgan fingerprint density at radius 1 is 1.03 bits per heavy atom. The number of primary amides is 1. The third kappa shape index (κ3) is 4.57. The van der Waals surface area contributed by atoms with Crippen molar-refractivity contribution < 1.29 is 28.5 Å². The summed E-state index contributed by atoms with van der Waals surface area (Å²) in [6.45, 7) is 4.54. The average Bonchev–Trinajstić information content (AvgIpc) is 3.11. The van der Waals surface area contributed by atoms with E-state index in [9.17, 15) is 9.59 Å². The van der Waals surface area contributed by atoms with Crippen molar-refractivity contribution >= 4 is 17.5 Å². The number of rotatable bonds is 7. The first-order chi connectivity index (χ1) is 15.9. The highest BCUT2D eigenvalue weighted by molar-refractivity contribution is 6.05. The third-order valence-electron chi connectivity index (χ3n) is 5.25. The smallest absolute Gasteiger partial charge is 0.257 e. The molecule has 0 atom stereocenters. The molecule has 0 radical (unpaired) electrons. The number of hydrogen-bond acceptors (Lipinski definition) is 6. The molecule has 0 unspecified atom stereocenters. The van der Waals surface area contributed by atoms with Crippen LogP contribution in [-0.2, 0) is 4.79 Å². The number of aryl methyl sites for hydroxylation is 1. The number of nitrogens with zero attached hydrogens (tertiary/aromatic N) is 1. The third-order valence-corrected chi connectivity index (χ3v) is 5.25. The molecule has 4 rings (SSSR count). The van der Waals surface area contributed by atoms with Gasteiger partial charge in [-0.3, -0.25) is 9.59 Å². The quantitative estimate of drug-likeness (QED) is 0.571. The molecule has 1 aliphatic rings. The van der Waals surface area contributed by atoms with Gasteiger partial charge in [0.25, 0.3) is 11.8 Å². The van der Waals surface area contributed by atoms with E-state index in [2.05, 4.69) is 5.32 Å². The molecule has 172 valence electrons. The Hall–Kier alpha value is -4.14. The van der Waals surface area contributed by atoms with Crippen LogP contribution in [-0.4, -0.2) is 43.3 Å². The minimum atomic E-state index is -0.613. The van der Waals surface area contributed by atoms with Gasteiger partial charge in [0.15, 0.2) is 29.6 Å². The normalized spacial score (nSPS) is 12.2. The van der Waals surface area contributed by atoms with Crippen molar-refractivity contribution in [1.29, 1.82) is 0 Å². The first-order valence-electron chi connectivity index (χ1n) is 10.4. The van der Waals surface area contributed by atoms with E-state index in [-0.39, 0.29) is 12.5 Å². The van der Waals surface area contributed by atoms with Crippen molar-refractivity contribution in [2.24, 2.45) is 5.73 Å². The second-order valence-corrected chi connectivity index (χ2v) is 7.52. The molecule has 2 amide bonds. The molecule has 9 nitrogen and oxygen atoms in total. The van der Waals surface area contributed by atoms with Crippen LogP contribution in [0, 0.1) is 13.8 Å². The summed E-state index contributed by atoms with van der Waals surface area (Å²) in [6, 6.07) is 12.4. The van der Waals surface area contributed by atoms with Crippen LogP contribution in [0.2, 0.25) is 0 Å². The molecule has 0 saturated carbocycles. The first-order valence-corrected chi connectivity index (χ1v) is 10.4. The van der Waals surface area contributed by atoms with E-state index in [1.807, 2.05) is 42.7 Å². The molecule has 1 aliphatic heterocycles. The predicted octanol–water partition coefficient (Wildman–Crippen LogP) is 2.99. The predicted molar refractivity (Wildman–Crippen MR) is 122 cm³/mol. The summed E-state index contributed by atoms with van der Waals surface area (Å²) < 4.78 is 23.9. The number of benzene rings is 2. The largest absolute Gasteiger partial charge is 0.493 e. The number of methoxy groups -OCH3 is 1. The van der Waals surface area contributed by atoms with E-state index < -0.39 is 5.91 Å². The Bertz CT molecular complexity index is 1220. The molecule has 9 heteroatoms. The van der Waals surface area contributed by atoms with Gasteiger partial charge in [-0.2, -0.15) is 0 Å². The molecular formula is C24H25N3O6. The van der Waals surface area contributed by atoms with Crippen molar-refractivity contribution in [3.63, 3.8) is 0 Å². The SMILES string of the molecule is COc1ccc(NC(=O)c2cc(C)n(-c3ccc4c(c3)OCCO4)c2C)cc1OCC(N)=O. The Kier molecular flexibility index (Phi) is 6.12. The summed E-state index contributed by atoms with van der Waals surface area (Å²) in [6.07, 6.45) is 0. The van der Waals surface area contributed by atoms with Crippen molar-refractivity contribution in [2.45, 2.75) is 13.8 Å². The first kappa shape index (κ1) is 22.1. The maximum absolute atomic E-state index is 13.1. The lowest BCUT2D eigenvalue weighted by Gasteiger charge is -2.20. The second-order valence-electron chi connectivity index (χ2n) is 7.52. The van der Waals surface area contributed by atoms with Crippen LogP contribution in [0.1, 0.15) is 21.7 Å². The molecule has 3 aromatic rings. The van der Waals surface area contributed by atoms with Crippen LogP contribution in [0.3, 0.4) is 0 Å². The standard InChI is InChI=1S/C24H25N3O6/c1-14-10-18(15(2)27(14)17-5-7-20-22(12-17)32-9-8-31-20)24(29)26-16-4-6-19(30-3)21(11-16)33-13-23(25)28/h4-7,10-12H,8-9,13H2,1-3H3,(H2,25,28)(H,26,29). The lowest BCUT2D eigenvalue weighted by molar-refractivity contribution is -0.119. The van der Waals surface area contributed by atoms with Gasteiger partial charge >= 0.3 is 0 Å². The fourth-order valence-corrected chi connectivity index (χ4v) is 3.78. The summed E-state index contributed by atoms with van der Waals surface area (Å²) in [4.78, 5) is 24.1. The molecule has 0 aliphatic carbocycles. The minimum absolute atomic E-state index is 0.280. The van der Waals surface area contributed by atoms with Crippen molar-refractivity contribution in [2.75, 3.05) is 32.2 Å². The number of amides is 2. The highest BCUT2D eigenvalue weighted by Gasteiger charge is 2.20. The zero-order valence-electron chi connectivity index (χ0n) is 18.6. The molecule has 2 heterocycles. The number of carbonyl (C=O) groups excluding carboxylic acids is 2. The molecule has 33 heavy (non-hydrogen) atoms. The van der Waals surface area contributed by atoms with Crippen LogP contribution in [0.5, 0.6) is 23.0 Å². The summed E-state index contributed by atoms with van der Waals surface area (Å²) in [7, 11) is 1.48. The monoisotopic (exact) mass is 451 g/mol. The molecular weight excluding hydrogens is 426 g/mol. The average molecular weight is 451 g/mol. The zero-order valence-corrected chi connectivity index (χ0v) is 18.6. The molecule has 0 fully saturated rings. The Balaban J connectivity index is 1.59. The highest BCUT2D eigenvalue weighted by Crippen LogP contribution is 2.34. The van der Waals surface area contributed by atoms with Gasteiger partial charge in [-0.05, 0) is 44.2 Å². The number of nitrogens with one attached hydrogen (secondary N) is 1. The number of hydrogen-bond donors (Lipinski definition) is 2. The van der Waals surface area contributed by atoms with E-state index in [0.717, 1.165) is 17.1 Å². The summed E-state index contributed by atoms with van der Waals surface area (Å²) >= 11 is 0. The van der Waals surface area contributed by atoms with Crippen molar-refractivity contribution in [3.05, 3.63) is 59.4 Å². The van der Waals surface area contributed by atoms with Gasteiger partial charge < -0.3 is 34.6 Å². The molecule has 0 spiro atoms. The Labute approximate surface area is 191 Å². The molecule has 1 aromatic heterocycles. The fourth-order valence-electron chi connectivity index (χ4n) is 3.78. The van der Waals surface area contributed by atoms with E-state index in [4.69, 9.17) is 24.7 Å². The van der Waals surface area contributed by atoms with E-state index >= 15 is 0 Å². The number of anilines is 1. The van der Waals surface area contributed by atoms with Crippen molar-refractivity contribution in [1.82, 2.24) is 4.57 Å². The fraction of sp³-hybridized carbons (Fsp3) is 0.250. The van der Waals surface area contributed by atoms with Crippen LogP contribution in [0.25, 0.3) is 5.69 Å². The van der Waals surface area contributed by atoms with E-state index in [1.54, 1.807) is 18.2 Å². The van der Waals surface area contributed by atoms with Gasteiger partial charge in [0.05, 0.1) is 12.7 Å². The maximum Gasteiger partial charge on any atom is 0.257 e.